The lowest BCUT2D eigenvalue weighted by Gasteiger charge is -2.08. The van der Waals surface area contributed by atoms with Gasteiger partial charge in [-0.2, -0.15) is 0 Å². The van der Waals surface area contributed by atoms with Crippen LogP contribution < -0.4 is 5.73 Å². The van der Waals surface area contributed by atoms with Gasteiger partial charge in [-0.1, -0.05) is 15.9 Å². The van der Waals surface area contributed by atoms with E-state index in [1.807, 2.05) is 18.2 Å². The lowest BCUT2D eigenvalue weighted by molar-refractivity contribution is -0.142. The summed E-state index contributed by atoms with van der Waals surface area (Å²) in [6.45, 7) is 0. The van der Waals surface area contributed by atoms with Gasteiger partial charge >= 0.3 is 5.97 Å². The van der Waals surface area contributed by atoms with Crippen molar-refractivity contribution in [3.63, 3.8) is 0 Å². The Morgan fingerprint density at radius 3 is 2.94 bits per heavy atom. The van der Waals surface area contributed by atoms with Gasteiger partial charge in [-0.05, 0) is 18.2 Å². The number of nitrogens with zero attached hydrogens (tertiary/aromatic N) is 2. The van der Waals surface area contributed by atoms with E-state index in [1.54, 1.807) is 0 Å². The largest absolute Gasteiger partial charge is 0.468 e. The number of halogens is 1. The second-order valence-electron chi connectivity index (χ2n) is 3.43. The number of hydrogen-bond acceptors (Lipinski definition) is 5. The molecule has 0 aliphatic heterocycles. The minimum Gasteiger partial charge on any atom is -0.468 e. The molecule has 0 bridgehead atoms. The molecule has 6 heteroatoms. The number of carbonyl (C=O) groups excluding carboxylic acids is 1. The van der Waals surface area contributed by atoms with Crippen molar-refractivity contribution < 1.29 is 9.53 Å². The van der Waals surface area contributed by atoms with Crippen molar-refractivity contribution in [2.45, 2.75) is 6.04 Å². The average Bonchev–Trinajstić information content (AvgIpc) is 2.36. The van der Waals surface area contributed by atoms with Crippen molar-refractivity contribution in [1.29, 1.82) is 0 Å². The zero-order valence-electron chi connectivity index (χ0n) is 9.05. The smallest absolute Gasteiger partial charge is 0.328 e. The van der Waals surface area contributed by atoms with Crippen LogP contribution in [0.1, 0.15) is 11.7 Å². The molecular weight excluding hydrogens is 286 g/mol. The first-order valence-corrected chi connectivity index (χ1v) is 5.66. The fourth-order valence-electron chi connectivity index (χ4n) is 1.40. The summed E-state index contributed by atoms with van der Waals surface area (Å²) in [5.41, 5.74) is 7.50. The molecule has 0 amide bonds. The van der Waals surface area contributed by atoms with E-state index in [1.165, 1.54) is 13.3 Å². The molecule has 1 aromatic heterocycles. The van der Waals surface area contributed by atoms with E-state index < -0.39 is 12.0 Å². The normalized spacial score (nSPS) is 12.4. The van der Waals surface area contributed by atoms with Crippen molar-refractivity contribution in [2.24, 2.45) is 5.73 Å². The predicted octanol–water partition coefficient (Wildman–Crippen LogP) is 1.57. The van der Waals surface area contributed by atoms with E-state index in [4.69, 9.17) is 5.73 Å². The second-order valence-corrected chi connectivity index (χ2v) is 4.34. The highest BCUT2D eigenvalue weighted by Crippen LogP contribution is 2.18. The maximum Gasteiger partial charge on any atom is 0.328 e. The van der Waals surface area contributed by atoms with Crippen molar-refractivity contribution in [3.8, 4) is 0 Å². The van der Waals surface area contributed by atoms with Crippen molar-refractivity contribution >= 4 is 32.9 Å². The highest BCUT2D eigenvalue weighted by Gasteiger charge is 2.18. The van der Waals surface area contributed by atoms with E-state index in [0.717, 1.165) is 9.99 Å². The summed E-state index contributed by atoms with van der Waals surface area (Å²) in [6, 6.07) is 4.61. The number of hydrogen-bond donors (Lipinski definition) is 1. The molecule has 1 aromatic carbocycles. The van der Waals surface area contributed by atoms with Gasteiger partial charge in [0.1, 0.15) is 6.04 Å². The molecule has 0 fully saturated rings. The molecule has 2 aromatic rings. The summed E-state index contributed by atoms with van der Waals surface area (Å²) >= 11 is 3.35. The number of aromatic nitrogens is 2. The molecule has 5 nitrogen and oxygen atoms in total. The number of esters is 1. The molecule has 17 heavy (non-hydrogen) atoms. The maximum atomic E-state index is 11.3. The van der Waals surface area contributed by atoms with Crippen molar-refractivity contribution in [2.75, 3.05) is 7.11 Å². The van der Waals surface area contributed by atoms with Gasteiger partial charge in [-0.15, -0.1) is 0 Å². The standard InChI is InChI=1S/C11H10BrN3O2/c1-17-11(16)10(13)9-5-14-7-3-2-6(12)4-8(7)15-9/h2-5,10H,13H2,1H3. The highest BCUT2D eigenvalue weighted by atomic mass is 79.9. The number of nitrogens with two attached hydrogens (primary N) is 1. The molecule has 0 saturated carbocycles. The Morgan fingerprint density at radius 1 is 1.47 bits per heavy atom. The topological polar surface area (TPSA) is 78.1 Å². The number of fused-ring (bicyclic) bond motifs is 1. The molecule has 1 heterocycles. The van der Waals surface area contributed by atoms with Gasteiger partial charge in [-0.25, -0.2) is 9.78 Å². The summed E-state index contributed by atoms with van der Waals surface area (Å²) in [4.78, 5) is 19.8. The summed E-state index contributed by atoms with van der Waals surface area (Å²) < 4.78 is 5.45. The Bertz CT molecular complexity index is 574. The molecule has 0 aliphatic carbocycles. The number of carbonyl (C=O) groups is 1. The van der Waals surface area contributed by atoms with Crippen LogP contribution in [0.5, 0.6) is 0 Å². The lowest BCUT2D eigenvalue weighted by Crippen LogP contribution is -2.23. The molecule has 0 radical (unpaired) electrons. The van der Waals surface area contributed by atoms with Crippen LogP contribution in [0.15, 0.2) is 28.9 Å². The van der Waals surface area contributed by atoms with Gasteiger partial charge in [0, 0.05) is 4.47 Å². The van der Waals surface area contributed by atoms with Crippen LogP contribution in [0.2, 0.25) is 0 Å². The average molecular weight is 296 g/mol. The van der Waals surface area contributed by atoms with E-state index in [9.17, 15) is 4.79 Å². The van der Waals surface area contributed by atoms with Crippen LogP contribution in [0.4, 0.5) is 0 Å². The summed E-state index contributed by atoms with van der Waals surface area (Å²) in [6.07, 6.45) is 1.48. The maximum absolute atomic E-state index is 11.3. The molecular formula is C11H10BrN3O2. The number of ether oxygens (including phenoxy) is 1. The first kappa shape index (κ1) is 11.9. The van der Waals surface area contributed by atoms with Gasteiger partial charge in [0.2, 0.25) is 0 Å². The molecule has 0 saturated heterocycles. The summed E-state index contributed by atoms with van der Waals surface area (Å²) in [5.74, 6) is -0.534. The number of rotatable bonds is 2. The van der Waals surface area contributed by atoms with Crippen LogP contribution in [0.3, 0.4) is 0 Å². The van der Waals surface area contributed by atoms with E-state index in [2.05, 4.69) is 30.6 Å². The molecule has 2 rings (SSSR count). The van der Waals surface area contributed by atoms with E-state index >= 15 is 0 Å². The minimum absolute atomic E-state index is 0.391. The molecule has 1 unspecified atom stereocenters. The Labute approximate surface area is 106 Å². The molecule has 2 N–H and O–H groups in total. The number of benzene rings is 1. The molecule has 0 spiro atoms. The molecule has 0 aliphatic rings. The van der Waals surface area contributed by atoms with Crippen LogP contribution >= 0.6 is 15.9 Å². The first-order valence-electron chi connectivity index (χ1n) is 4.87. The fourth-order valence-corrected chi connectivity index (χ4v) is 1.75. The van der Waals surface area contributed by atoms with E-state index in [-0.39, 0.29) is 0 Å². The van der Waals surface area contributed by atoms with Gasteiger partial charge in [0.25, 0.3) is 0 Å². The Balaban J connectivity index is 2.46. The monoisotopic (exact) mass is 295 g/mol. The minimum atomic E-state index is -0.907. The Kier molecular flexibility index (Phi) is 3.35. The quantitative estimate of drug-likeness (QED) is 0.851. The predicted molar refractivity (Wildman–Crippen MR) is 66.2 cm³/mol. The second kappa shape index (κ2) is 4.77. The van der Waals surface area contributed by atoms with Crippen LogP contribution in [0.25, 0.3) is 11.0 Å². The van der Waals surface area contributed by atoms with Gasteiger partial charge < -0.3 is 10.5 Å². The summed E-state index contributed by atoms with van der Waals surface area (Å²) in [5, 5.41) is 0. The van der Waals surface area contributed by atoms with Gasteiger partial charge in [-0.3, -0.25) is 4.98 Å². The van der Waals surface area contributed by atoms with Crippen LogP contribution in [0, 0.1) is 0 Å². The first-order chi connectivity index (χ1) is 8.11. The van der Waals surface area contributed by atoms with Crippen LogP contribution in [-0.2, 0) is 9.53 Å². The lowest BCUT2D eigenvalue weighted by atomic mass is 10.2. The molecule has 88 valence electrons. The zero-order valence-corrected chi connectivity index (χ0v) is 10.6. The third kappa shape index (κ3) is 2.42. The Hall–Kier alpha value is -1.53. The Morgan fingerprint density at radius 2 is 2.24 bits per heavy atom. The highest BCUT2D eigenvalue weighted by molar-refractivity contribution is 9.10. The third-order valence-electron chi connectivity index (χ3n) is 2.30. The van der Waals surface area contributed by atoms with E-state index in [0.29, 0.717) is 11.2 Å². The third-order valence-corrected chi connectivity index (χ3v) is 2.79. The summed E-state index contributed by atoms with van der Waals surface area (Å²) in [7, 11) is 1.28. The number of methoxy groups -OCH3 is 1. The van der Waals surface area contributed by atoms with Gasteiger partial charge in [0.05, 0.1) is 30.0 Å². The zero-order chi connectivity index (χ0) is 12.4. The van der Waals surface area contributed by atoms with Gasteiger partial charge in [0.15, 0.2) is 0 Å². The molecule has 1 atom stereocenters. The van der Waals surface area contributed by atoms with Crippen molar-refractivity contribution in [1.82, 2.24) is 9.97 Å². The van der Waals surface area contributed by atoms with Crippen molar-refractivity contribution in [3.05, 3.63) is 34.6 Å². The van der Waals surface area contributed by atoms with Crippen LogP contribution in [-0.4, -0.2) is 23.0 Å². The fraction of sp³-hybridized carbons (Fsp3) is 0.182. The SMILES string of the molecule is COC(=O)C(N)c1cnc2ccc(Br)cc2n1.